The average molecular weight is 592 g/mol. The Morgan fingerprint density at radius 1 is 1.02 bits per heavy atom. The second kappa shape index (κ2) is 10.7. The highest BCUT2D eigenvalue weighted by Gasteiger charge is 2.41. The van der Waals surface area contributed by atoms with Crippen molar-refractivity contribution >= 4 is 33.5 Å². The third kappa shape index (κ3) is 5.97. The highest BCUT2D eigenvalue weighted by atomic mass is 32.2. The fraction of sp³-hybridized carbons (Fsp3) is 0.419. The Bertz CT molecular complexity index is 1630. The van der Waals surface area contributed by atoms with Crippen molar-refractivity contribution < 1.29 is 23.1 Å². The summed E-state index contributed by atoms with van der Waals surface area (Å²) in [6, 6.07) is 14.4. The summed E-state index contributed by atoms with van der Waals surface area (Å²) in [7, 11) is -4.31. The maximum Gasteiger partial charge on any atom is 0.335 e. The van der Waals surface area contributed by atoms with Gasteiger partial charge in [0.1, 0.15) is 11.6 Å². The van der Waals surface area contributed by atoms with Crippen LogP contribution in [0.5, 0.6) is 0 Å². The highest BCUT2D eigenvalue weighted by Crippen LogP contribution is 2.41. The first-order valence-corrected chi connectivity index (χ1v) is 15.6. The van der Waals surface area contributed by atoms with E-state index in [9.17, 15) is 23.1 Å². The molecular formula is C31H37N5O5S. The predicted molar refractivity (Wildman–Crippen MR) is 160 cm³/mol. The highest BCUT2D eigenvalue weighted by molar-refractivity contribution is 7.90. The zero-order valence-corrected chi connectivity index (χ0v) is 25.3. The fourth-order valence-electron chi connectivity index (χ4n) is 5.84. The topological polar surface area (TPSA) is 142 Å². The zero-order valence-electron chi connectivity index (χ0n) is 24.5. The van der Waals surface area contributed by atoms with Gasteiger partial charge < -0.3 is 15.3 Å². The van der Waals surface area contributed by atoms with E-state index in [2.05, 4.69) is 33.8 Å². The number of rotatable bonds is 2. The SMILES string of the molecule is CC(C)(C)c1ccc2c(n1)N1C[C@@H](CCC(c3ccc(C(=O)O)cc3)Nc3cccc(n3)S(=O)(=O)NC2=O)CC1(C)C. The Morgan fingerprint density at radius 2 is 1.74 bits per heavy atom. The van der Waals surface area contributed by atoms with Crippen molar-refractivity contribution in [1.82, 2.24) is 14.7 Å². The van der Waals surface area contributed by atoms with Gasteiger partial charge in [0.2, 0.25) is 0 Å². The molecule has 3 N–H and O–H groups in total. The number of amides is 1. The first-order chi connectivity index (χ1) is 19.6. The standard InChI is InChI=1S/C31H37N5O5S/c1-30(2,3)24-16-14-22-27(33-24)36-18-19(17-31(36,4)5)9-15-23(20-10-12-21(13-11-20)29(38)39)32-25-7-6-8-26(34-25)42(40,41)35-28(22)37/h6-8,10-14,16,19,23H,9,15,17-18H2,1-5H3,(H,32,34)(H,35,37)(H,38,39)/t19-,23?/m0/s1. The normalized spacial score (nSPS) is 21.7. The van der Waals surface area contributed by atoms with Crippen LogP contribution in [0.25, 0.3) is 0 Å². The number of benzene rings is 1. The van der Waals surface area contributed by atoms with E-state index in [0.717, 1.165) is 24.1 Å². The Kier molecular flexibility index (Phi) is 7.51. The molecule has 0 radical (unpaired) electrons. The van der Waals surface area contributed by atoms with Crippen molar-refractivity contribution in [3.63, 3.8) is 0 Å². The number of hydrogen-bond donors (Lipinski definition) is 3. The summed E-state index contributed by atoms with van der Waals surface area (Å²) in [6.45, 7) is 11.0. The molecule has 42 heavy (non-hydrogen) atoms. The first kappa shape index (κ1) is 29.5. The molecule has 2 aliphatic heterocycles. The molecule has 4 bridgehead atoms. The van der Waals surface area contributed by atoms with E-state index in [1.807, 2.05) is 20.8 Å². The quantitative estimate of drug-likeness (QED) is 0.369. The molecule has 4 heterocycles. The van der Waals surface area contributed by atoms with Crippen LogP contribution in [0.4, 0.5) is 11.6 Å². The Hall–Kier alpha value is -3.99. The summed E-state index contributed by atoms with van der Waals surface area (Å²) in [5.41, 5.74) is 1.43. The lowest BCUT2D eigenvalue weighted by molar-refractivity contribution is 0.0696. The van der Waals surface area contributed by atoms with Crippen molar-refractivity contribution in [2.24, 2.45) is 5.92 Å². The monoisotopic (exact) mass is 591 g/mol. The number of anilines is 2. The minimum atomic E-state index is -4.31. The van der Waals surface area contributed by atoms with E-state index >= 15 is 0 Å². The van der Waals surface area contributed by atoms with E-state index in [4.69, 9.17) is 4.98 Å². The third-order valence-electron chi connectivity index (χ3n) is 8.08. The summed E-state index contributed by atoms with van der Waals surface area (Å²) >= 11 is 0. The van der Waals surface area contributed by atoms with Crippen LogP contribution in [0.1, 0.15) is 91.9 Å². The summed E-state index contributed by atoms with van der Waals surface area (Å²) in [6.07, 6.45) is 2.38. The van der Waals surface area contributed by atoms with Crippen LogP contribution >= 0.6 is 0 Å². The molecule has 1 unspecified atom stereocenters. The van der Waals surface area contributed by atoms with Crippen LogP contribution < -0.4 is 14.9 Å². The van der Waals surface area contributed by atoms with E-state index in [-0.39, 0.29) is 39.1 Å². The van der Waals surface area contributed by atoms with Crippen molar-refractivity contribution in [3.8, 4) is 0 Å². The average Bonchev–Trinajstić information content (AvgIpc) is 3.23. The van der Waals surface area contributed by atoms with Crippen molar-refractivity contribution in [2.45, 2.75) is 75.9 Å². The van der Waals surface area contributed by atoms with Gasteiger partial charge in [-0.05, 0) is 81.0 Å². The molecule has 3 aromatic rings. The molecule has 222 valence electrons. The van der Waals surface area contributed by atoms with Crippen LogP contribution in [0.3, 0.4) is 0 Å². The molecule has 5 rings (SSSR count). The lowest BCUT2D eigenvalue weighted by Crippen LogP contribution is -2.41. The summed E-state index contributed by atoms with van der Waals surface area (Å²) in [5, 5.41) is 12.4. The van der Waals surface area contributed by atoms with Gasteiger partial charge >= 0.3 is 5.97 Å². The number of carboxylic acid groups (broad SMARTS) is 1. The molecule has 1 saturated heterocycles. The number of carboxylic acids is 1. The van der Waals surface area contributed by atoms with Gasteiger partial charge in [-0.1, -0.05) is 39.0 Å². The number of hydrogen-bond acceptors (Lipinski definition) is 8. The second-order valence-electron chi connectivity index (χ2n) is 12.8. The van der Waals surface area contributed by atoms with Gasteiger partial charge in [-0.25, -0.2) is 19.5 Å². The van der Waals surface area contributed by atoms with Crippen LogP contribution in [0.15, 0.2) is 59.6 Å². The number of fused-ring (bicyclic) bond motifs is 6. The molecule has 1 fully saturated rings. The van der Waals surface area contributed by atoms with Gasteiger partial charge in [-0.2, -0.15) is 8.42 Å². The Balaban J connectivity index is 1.61. The number of sulfonamides is 1. The molecule has 1 aromatic carbocycles. The summed E-state index contributed by atoms with van der Waals surface area (Å²) in [5.74, 6) is -0.693. The van der Waals surface area contributed by atoms with Gasteiger partial charge in [-0.15, -0.1) is 0 Å². The summed E-state index contributed by atoms with van der Waals surface area (Å²) in [4.78, 5) is 36.4. The zero-order chi connectivity index (χ0) is 30.4. The Morgan fingerprint density at radius 3 is 2.40 bits per heavy atom. The lowest BCUT2D eigenvalue weighted by atomic mass is 9.90. The lowest BCUT2D eigenvalue weighted by Gasteiger charge is -2.34. The number of carbonyl (C=O) groups excluding carboxylic acids is 1. The number of nitrogens with zero attached hydrogens (tertiary/aromatic N) is 3. The molecular weight excluding hydrogens is 554 g/mol. The van der Waals surface area contributed by atoms with Gasteiger partial charge in [0.15, 0.2) is 5.03 Å². The first-order valence-electron chi connectivity index (χ1n) is 14.1. The van der Waals surface area contributed by atoms with E-state index < -0.39 is 21.9 Å². The van der Waals surface area contributed by atoms with Crippen LogP contribution in [-0.4, -0.2) is 47.5 Å². The maximum absolute atomic E-state index is 13.6. The van der Waals surface area contributed by atoms with Gasteiger partial charge in [-0.3, -0.25) is 4.79 Å². The number of aromatic nitrogens is 2. The van der Waals surface area contributed by atoms with E-state index in [0.29, 0.717) is 24.6 Å². The molecule has 2 atom stereocenters. The molecule has 1 amide bonds. The van der Waals surface area contributed by atoms with Crippen LogP contribution in [0.2, 0.25) is 0 Å². The smallest absolute Gasteiger partial charge is 0.335 e. The maximum atomic E-state index is 13.6. The Labute approximate surface area is 246 Å². The van der Waals surface area contributed by atoms with Gasteiger partial charge in [0, 0.05) is 23.2 Å². The number of carbonyl (C=O) groups is 2. The van der Waals surface area contributed by atoms with Crippen molar-refractivity contribution in [2.75, 3.05) is 16.8 Å². The second-order valence-corrected chi connectivity index (χ2v) is 14.4. The molecule has 0 aliphatic carbocycles. The minimum absolute atomic E-state index is 0.187. The van der Waals surface area contributed by atoms with Crippen LogP contribution in [-0.2, 0) is 15.4 Å². The predicted octanol–water partition coefficient (Wildman–Crippen LogP) is 5.14. The number of pyridine rings is 2. The summed E-state index contributed by atoms with van der Waals surface area (Å²) < 4.78 is 29.0. The molecule has 2 aromatic heterocycles. The molecule has 2 aliphatic rings. The third-order valence-corrected chi connectivity index (χ3v) is 9.31. The molecule has 10 nitrogen and oxygen atoms in total. The fourth-order valence-corrected chi connectivity index (χ4v) is 6.77. The van der Waals surface area contributed by atoms with E-state index in [1.165, 1.54) is 6.07 Å². The minimum Gasteiger partial charge on any atom is -0.478 e. The molecule has 11 heteroatoms. The molecule has 0 saturated carbocycles. The largest absolute Gasteiger partial charge is 0.478 e. The van der Waals surface area contributed by atoms with Crippen LogP contribution in [0, 0.1) is 5.92 Å². The van der Waals surface area contributed by atoms with Crippen molar-refractivity contribution in [3.05, 3.63) is 77.0 Å². The number of aromatic carboxylic acids is 1. The van der Waals surface area contributed by atoms with Gasteiger partial charge in [0.25, 0.3) is 15.9 Å². The molecule has 0 spiro atoms. The number of nitrogens with one attached hydrogen (secondary N) is 2. The van der Waals surface area contributed by atoms with Gasteiger partial charge in [0.05, 0.1) is 17.2 Å². The van der Waals surface area contributed by atoms with E-state index in [1.54, 1.807) is 48.5 Å². The van der Waals surface area contributed by atoms with Crippen molar-refractivity contribution in [1.29, 1.82) is 0 Å².